The molecule has 28 heavy (non-hydrogen) atoms. The van der Waals surface area contributed by atoms with Crippen LogP contribution < -0.4 is 15.0 Å². The second-order valence-electron chi connectivity index (χ2n) is 6.61. The fraction of sp³-hybridized carbons (Fsp3) is 0.350. The molecule has 1 unspecified atom stereocenters. The number of nitrogens with one attached hydrogen (secondary N) is 1. The molecule has 1 aliphatic rings. The first kappa shape index (κ1) is 18.9. The molecule has 146 valence electrons. The fourth-order valence-electron chi connectivity index (χ4n) is 2.94. The molecule has 0 spiro atoms. The molecule has 1 fully saturated rings. The van der Waals surface area contributed by atoms with Crippen LogP contribution in [0.3, 0.4) is 0 Å². The molecule has 1 saturated heterocycles. The Hall–Kier alpha value is -2.42. The quantitative estimate of drug-likeness (QED) is 0.637. The first-order valence-electron chi connectivity index (χ1n) is 9.17. The first-order valence-corrected chi connectivity index (χ1v) is 10.2. The maximum Gasteiger partial charge on any atom is 0.243 e. The molecular formula is C20H23N5O2S. The van der Waals surface area contributed by atoms with Crippen molar-refractivity contribution in [3.63, 3.8) is 0 Å². The van der Waals surface area contributed by atoms with Crippen molar-refractivity contribution in [2.45, 2.75) is 5.44 Å². The van der Waals surface area contributed by atoms with Gasteiger partial charge < -0.3 is 19.7 Å². The van der Waals surface area contributed by atoms with E-state index in [-0.39, 0.29) is 5.44 Å². The first-order chi connectivity index (χ1) is 13.7. The zero-order chi connectivity index (χ0) is 19.3. The van der Waals surface area contributed by atoms with Crippen LogP contribution in [0.2, 0.25) is 0 Å². The number of hydrogen-bond donors (Lipinski definition) is 1. The van der Waals surface area contributed by atoms with E-state index in [2.05, 4.69) is 44.5 Å². The molecule has 3 heterocycles. The SMILES string of the molecule is CN(C)c1ccc(-c2cc3nccnc3c(OCSC3CNCCO3)n2)cc1. The Kier molecular flexibility index (Phi) is 5.90. The number of rotatable bonds is 6. The van der Waals surface area contributed by atoms with Gasteiger partial charge in [-0.25, -0.2) is 9.97 Å². The molecule has 0 amide bonds. The van der Waals surface area contributed by atoms with E-state index in [1.54, 1.807) is 24.2 Å². The summed E-state index contributed by atoms with van der Waals surface area (Å²) in [5, 5.41) is 3.31. The second-order valence-corrected chi connectivity index (χ2v) is 7.71. The Morgan fingerprint density at radius 2 is 2.04 bits per heavy atom. The lowest BCUT2D eigenvalue weighted by molar-refractivity contribution is 0.0845. The van der Waals surface area contributed by atoms with Crippen molar-refractivity contribution in [2.24, 2.45) is 0 Å². The number of pyridine rings is 1. The number of thioether (sulfide) groups is 1. The smallest absolute Gasteiger partial charge is 0.243 e. The van der Waals surface area contributed by atoms with Gasteiger partial charge in [0.05, 0.1) is 17.8 Å². The summed E-state index contributed by atoms with van der Waals surface area (Å²) in [4.78, 5) is 15.6. The van der Waals surface area contributed by atoms with Gasteiger partial charge in [0.1, 0.15) is 11.4 Å². The zero-order valence-corrected chi connectivity index (χ0v) is 16.8. The Bertz CT molecular complexity index is 930. The van der Waals surface area contributed by atoms with E-state index in [4.69, 9.17) is 14.5 Å². The highest BCUT2D eigenvalue weighted by atomic mass is 32.2. The maximum absolute atomic E-state index is 5.98. The van der Waals surface area contributed by atoms with Gasteiger partial charge in [-0.05, 0) is 18.2 Å². The maximum atomic E-state index is 5.98. The third-order valence-electron chi connectivity index (χ3n) is 4.45. The van der Waals surface area contributed by atoms with Crippen LogP contribution in [-0.4, -0.2) is 60.1 Å². The van der Waals surface area contributed by atoms with Gasteiger partial charge in [-0.3, -0.25) is 4.98 Å². The Morgan fingerprint density at radius 3 is 2.79 bits per heavy atom. The normalized spacial score (nSPS) is 16.9. The molecule has 0 radical (unpaired) electrons. The number of morpholine rings is 1. The summed E-state index contributed by atoms with van der Waals surface area (Å²) < 4.78 is 11.7. The van der Waals surface area contributed by atoms with E-state index < -0.39 is 0 Å². The lowest BCUT2D eigenvalue weighted by Crippen LogP contribution is -2.36. The summed E-state index contributed by atoms with van der Waals surface area (Å²) in [5.41, 5.74) is 4.48. The summed E-state index contributed by atoms with van der Waals surface area (Å²) in [5.74, 6) is 0.933. The monoisotopic (exact) mass is 397 g/mol. The number of hydrogen-bond acceptors (Lipinski definition) is 8. The standard InChI is InChI=1S/C20H23N5O2S/c1-25(2)15-5-3-14(4-6-15)16-11-17-19(23-8-7-22-17)20(24-16)27-13-28-18-12-21-9-10-26-18/h3-8,11,18,21H,9-10,12-13H2,1-2H3. The summed E-state index contributed by atoms with van der Waals surface area (Å²) in [7, 11) is 4.04. The van der Waals surface area contributed by atoms with Gasteiger partial charge in [-0.2, -0.15) is 0 Å². The summed E-state index contributed by atoms with van der Waals surface area (Å²) in [6.45, 7) is 2.44. The average Bonchev–Trinajstić information content (AvgIpc) is 2.74. The Morgan fingerprint density at radius 1 is 1.21 bits per heavy atom. The highest BCUT2D eigenvalue weighted by Crippen LogP contribution is 2.28. The largest absolute Gasteiger partial charge is 0.465 e. The van der Waals surface area contributed by atoms with E-state index in [1.807, 2.05) is 20.2 Å². The predicted octanol–water partition coefficient (Wildman–Crippen LogP) is 2.77. The number of benzene rings is 1. The van der Waals surface area contributed by atoms with Gasteiger partial charge in [0.2, 0.25) is 5.88 Å². The number of ether oxygens (including phenoxy) is 2. The highest BCUT2D eigenvalue weighted by molar-refractivity contribution is 7.99. The van der Waals surface area contributed by atoms with Crippen LogP contribution in [-0.2, 0) is 4.74 Å². The molecule has 1 aliphatic heterocycles. The minimum absolute atomic E-state index is 0.0906. The molecular weight excluding hydrogens is 374 g/mol. The lowest BCUT2D eigenvalue weighted by atomic mass is 10.1. The summed E-state index contributed by atoms with van der Waals surface area (Å²) in [6, 6.07) is 10.2. The van der Waals surface area contributed by atoms with Gasteiger partial charge in [0, 0.05) is 50.8 Å². The van der Waals surface area contributed by atoms with E-state index in [9.17, 15) is 0 Å². The van der Waals surface area contributed by atoms with Crippen LogP contribution in [0.5, 0.6) is 5.88 Å². The number of anilines is 1. The lowest BCUT2D eigenvalue weighted by Gasteiger charge is -2.22. The average molecular weight is 398 g/mol. The van der Waals surface area contributed by atoms with Gasteiger partial charge in [-0.1, -0.05) is 23.9 Å². The van der Waals surface area contributed by atoms with Crippen molar-refractivity contribution in [2.75, 3.05) is 44.6 Å². The third-order valence-corrected chi connectivity index (χ3v) is 5.38. The fourth-order valence-corrected chi connectivity index (χ4v) is 3.70. The van der Waals surface area contributed by atoms with Crippen molar-refractivity contribution in [3.8, 4) is 17.1 Å². The van der Waals surface area contributed by atoms with E-state index in [0.29, 0.717) is 17.3 Å². The molecule has 7 nitrogen and oxygen atoms in total. The molecule has 1 aromatic carbocycles. The van der Waals surface area contributed by atoms with E-state index >= 15 is 0 Å². The summed E-state index contributed by atoms with van der Waals surface area (Å²) >= 11 is 1.61. The molecule has 0 saturated carbocycles. The van der Waals surface area contributed by atoms with E-state index in [1.165, 1.54) is 0 Å². The van der Waals surface area contributed by atoms with Gasteiger partial charge in [-0.15, -0.1) is 0 Å². The molecule has 1 atom stereocenters. The van der Waals surface area contributed by atoms with Crippen LogP contribution in [0.4, 0.5) is 5.69 Å². The molecule has 3 aromatic rings. The topological polar surface area (TPSA) is 72.4 Å². The number of nitrogens with zero attached hydrogens (tertiary/aromatic N) is 4. The van der Waals surface area contributed by atoms with Crippen molar-refractivity contribution in [1.82, 2.24) is 20.3 Å². The highest BCUT2D eigenvalue weighted by Gasteiger charge is 2.16. The van der Waals surface area contributed by atoms with E-state index in [0.717, 1.165) is 42.2 Å². The Balaban J connectivity index is 1.57. The number of fused-ring (bicyclic) bond motifs is 1. The molecule has 2 aromatic heterocycles. The van der Waals surface area contributed by atoms with Crippen LogP contribution in [0.15, 0.2) is 42.7 Å². The van der Waals surface area contributed by atoms with Crippen LogP contribution in [0.1, 0.15) is 0 Å². The van der Waals surface area contributed by atoms with Crippen molar-refractivity contribution >= 4 is 28.5 Å². The van der Waals surface area contributed by atoms with Crippen LogP contribution >= 0.6 is 11.8 Å². The molecule has 8 heteroatoms. The van der Waals surface area contributed by atoms with Gasteiger partial charge >= 0.3 is 0 Å². The van der Waals surface area contributed by atoms with Crippen molar-refractivity contribution in [3.05, 3.63) is 42.7 Å². The molecule has 4 rings (SSSR count). The molecule has 0 aliphatic carbocycles. The van der Waals surface area contributed by atoms with Crippen LogP contribution in [0.25, 0.3) is 22.3 Å². The second kappa shape index (κ2) is 8.72. The third kappa shape index (κ3) is 4.35. The number of aromatic nitrogens is 3. The summed E-state index contributed by atoms with van der Waals surface area (Å²) in [6.07, 6.45) is 3.34. The zero-order valence-electron chi connectivity index (χ0n) is 16.0. The Labute approximate surface area is 168 Å². The minimum atomic E-state index is 0.0906. The molecule has 1 N–H and O–H groups in total. The van der Waals surface area contributed by atoms with Crippen molar-refractivity contribution < 1.29 is 9.47 Å². The minimum Gasteiger partial charge on any atom is -0.465 e. The van der Waals surface area contributed by atoms with Gasteiger partial charge in [0.15, 0.2) is 5.52 Å². The van der Waals surface area contributed by atoms with Crippen molar-refractivity contribution in [1.29, 1.82) is 0 Å². The van der Waals surface area contributed by atoms with Crippen LogP contribution in [0, 0.1) is 0 Å². The van der Waals surface area contributed by atoms with Gasteiger partial charge in [0.25, 0.3) is 0 Å². The molecule has 0 bridgehead atoms. The predicted molar refractivity (Wildman–Crippen MR) is 113 cm³/mol.